The Labute approximate surface area is 181 Å². The fourth-order valence-electron chi connectivity index (χ4n) is 2.38. The number of benzene rings is 1. The van der Waals surface area contributed by atoms with Crippen molar-refractivity contribution in [1.29, 1.82) is 0 Å². The van der Waals surface area contributed by atoms with Gasteiger partial charge < -0.3 is 9.47 Å². The van der Waals surface area contributed by atoms with E-state index < -0.39 is 23.4 Å². The number of nitrogens with zero attached hydrogens (tertiary/aromatic N) is 3. The lowest BCUT2D eigenvalue weighted by Crippen LogP contribution is -2.34. The van der Waals surface area contributed by atoms with Crippen LogP contribution in [0.15, 0.2) is 38.9 Å². The predicted molar refractivity (Wildman–Crippen MR) is 108 cm³/mol. The quantitative estimate of drug-likeness (QED) is 0.534. The van der Waals surface area contributed by atoms with E-state index in [0.29, 0.717) is 10.4 Å². The summed E-state index contributed by atoms with van der Waals surface area (Å²) in [5.41, 5.74) is -3.48. The number of pyridine rings is 1. The van der Waals surface area contributed by atoms with Crippen molar-refractivity contribution in [2.24, 2.45) is 0 Å². The van der Waals surface area contributed by atoms with Crippen LogP contribution in [0.25, 0.3) is 5.69 Å². The van der Waals surface area contributed by atoms with Crippen LogP contribution >= 0.6 is 35.0 Å². The summed E-state index contributed by atoms with van der Waals surface area (Å²) in [6, 6.07) is 4.07. The molecule has 0 amide bonds. The van der Waals surface area contributed by atoms with Crippen LogP contribution in [0.4, 0.5) is 8.78 Å². The van der Waals surface area contributed by atoms with E-state index in [0.717, 1.165) is 4.90 Å². The molecule has 0 fully saturated rings. The maximum Gasteiger partial charge on any atom is 0.349 e. The standard InChI is InChI=1S/C17H12Cl2F2N4O4S/c1-28-10-6-22-12(5-11(10)30-2)29-14-8(18)3-7(4-9(14)19)25-17(27)23-16(26)13(24-25)15(20)21/h3-6,15H,1-2H3,(H,23,26,27). The van der Waals surface area contributed by atoms with Gasteiger partial charge in [-0.1, -0.05) is 23.2 Å². The molecule has 13 heteroatoms. The number of halogens is 4. The van der Waals surface area contributed by atoms with Crippen LogP contribution in [0.1, 0.15) is 12.1 Å². The SMILES string of the molecule is COc1cnc(Oc2c(Cl)cc(-n3nc(C(F)F)c(=O)[nH]c3=O)cc2Cl)cc1SC. The molecule has 8 nitrogen and oxygen atoms in total. The monoisotopic (exact) mass is 476 g/mol. The minimum atomic E-state index is -3.18. The van der Waals surface area contributed by atoms with Gasteiger partial charge in [0.15, 0.2) is 17.2 Å². The second-order valence-electron chi connectivity index (χ2n) is 5.58. The molecular formula is C17H12Cl2F2N4O4S. The number of alkyl halides is 2. The minimum absolute atomic E-state index is 0.0263. The molecule has 0 aliphatic rings. The number of ether oxygens (including phenoxy) is 2. The van der Waals surface area contributed by atoms with Crippen molar-refractivity contribution in [3.8, 4) is 23.1 Å². The average molecular weight is 477 g/mol. The fraction of sp³-hybridized carbons (Fsp3) is 0.176. The summed E-state index contributed by atoms with van der Waals surface area (Å²) in [7, 11) is 1.51. The van der Waals surface area contributed by atoms with Crippen LogP contribution in [0.2, 0.25) is 10.0 Å². The lowest BCUT2D eigenvalue weighted by Gasteiger charge is -2.13. The van der Waals surface area contributed by atoms with E-state index >= 15 is 0 Å². The Morgan fingerprint density at radius 1 is 1.20 bits per heavy atom. The van der Waals surface area contributed by atoms with Gasteiger partial charge in [0.1, 0.15) is 0 Å². The fourth-order valence-corrected chi connectivity index (χ4v) is 3.48. The third-order valence-corrected chi connectivity index (χ3v) is 5.06. The van der Waals surface area contributed by atoms with Crippen molar-refractivity contribution in [3.05, 3.63) is 61.0 Å². The van der Waals surface area contributed by atoms with Gasteiger partial charge in [0.25, 0.3) is 12.0 Å². The zero-order valence-electron chi connectivity index (χ0n) is 15.3. The molecular weight excluding hydrogens is 465 g/mol. The molecule has 0 aliphatic carbocycles. The van der Waals surface area contributed by atoms with E-state index in [1.54, 1.807) is 11.1 Å². The predicted octanol–water partition coefficient (Wildman–Crippen LogP) is 4.08. The molecule has 2 aromatic heterocycles. The maximum absolute atomic E-state index is 12.9. The number of aromatic nitrogens is 4. The summed E-state index contributed by atoms with van der Waals surface area (Å²) in [5, 5.41) is 3.32. The first kappa shape index (κ1) is 22.1. The number of nitrogens with one attached hydrogen (secondary N) is 1. The van der Waals surface area contributed by atoms with Crippen LogP contribution in [0.3, 0.4) is 0 Å². The third kappa shape index (κ3) is 4.42. The highest BCUT2D eigenvalue weighted by molar-refractivity contribution is 7.98. The maximum atomic E-state index is 12.9. The number of H-pyrrole nitrogens is 1. The average Bonchev–Trinajstić information content (AvgIpc) is 2.70. The first-order valence-corrected chi connectivity index (χ1v) is 10.00. The summed E-state index contributed by atoms with van der Waals surface area (Å²) < 4.78 is 37.3. The Hall–Kier alpha value is -2.63. The van der Waals surface area contributed by atoms with Crippen LogP contribution < -0.4 is 20.7 Å². The zero-order valence-corrected chi connectivity index (χ0v) is 17.6. The summed E-state index contributed by atoms with van der Waals surface area (Å²) in [6.07, 6.45) is 0.132. The van der Waals surface area contributed by atoms with E-state index in [1.165, 1.54) is 37.2 Å². The normalized spacial score (nSPS) is 11.0. The molecule has 2 heterocycles. The zero-order chi connectivity index (χ0) is 22.0. The van der Waals surface area contributed by atoms with Crippen LogP contribution in [-0.2, 0) is 0 Å². The molecule has 0 spiro atoms. The number of methoxy groups -OCH3 is 1. The summed E-state index contributed by atoms with van der Waals surface area (Å²) in [6.45, 7) is 0. The third-order valence-electron chi connectivity index (χ3n) is 3.74. The molecule has 0 radical (unpaired) electrons. The van der Waals surface area contributed by atoms with Crippen molar-refractivity contribution in [2.75, 3.05) is 13.4 Å². The Morgan fingerprint density at radius 3 is 2.43 bits per heavy atom. The van der Waals surface area contributed by atoms with Crippen molar-refractivity contribution in [2.45, 2.75) is 11.3 Å². The molecule has 30 heavy (non-hydrogen) atoms. The summed E-state index contributed by atoms with van der Waals surface area (Å²) >= 11 is 13.9. The van der Waals surface area contributed by atoms with Crippen molar-refractivity contribution < 1.29 is 18.3 Å². The molecule has 0 bridgehead atoms. The molecule has 1 N–H and O–H groups in total. The molecule has 0 saturated carbocycles. The highest BCUT2D eigenvalue weighted by Gasteiger charge is 2.19. The molecule has 3 aromatic rings. The number of rotatable bonds is 6. The Morgan fingerprint density at radius 2 is 1.87 bits per heavy atom. The molecule has 158 valence electrons. The molecule has 0 aliphatic heterocycles. The number of hydrogen-bond donors (Lipinski definition) is 1. The van der Waals surface area contributed by atoms with Crippen molar-refractivity contribution in [3.63, 3.8) is 0 Å². The van der Waals surface area contributed by atoms with Crippen LogP contribution in [0.5, 0.6) is 17.4 Å². The molecule has 3 rings (SSSR count). The number of thioether (sulfide) groups is 1. The Kier molecular flexibility index (Phi) is 6.64. The Bertz CT molecular complexity index is 1200. The number of aromatic amines is 1. The molecule has 0 unspecified atom stereocenters. The first-order valence-electron chi connectivity index (χ1n) is 8.02. The largest absolute Gasteiger partial charge is 0.494 e. The highest BCUT2D eigenvalue weighted by atomic mass is 35.5. The van der Waals surface area contributed by atoms with Gasteiger partial charge in [-0.3, -0.25) is 9.78 Å². The van der Waals surface area contributed by atoms with Gasteiger partial charge in [0.2, 0.25) is 5.88 Å². The van der Waals surface area contributed by atoms with Gasteiger partial charge in [-0.2, -0.15) is 9.78 Å². The molecule has 1 aromatic carbocycles. The smallest absolute Gasteiger partial charge is 0.349 e. The van der Waals surface area contributed by atoms with Gasteiger partial charge in [-0.05, 0) is 18.4 Å². The van der Waals surface area contributed by atoms with Gasteiger partial charge >= 0.3 is 5.69 Å². The van der Waals surface area contributed by atoms with Gasteiger partial charge in [-0.15, -0.1) is 11.8 Å². The second-order valence-corrected chi connectivity index (χ2v) is 7.24. The van der Waals surface area contributed by atoms with E-state index in [-0.39, 0.29) is 27.4 Å². The van der Waals surface area contributed by atoms with Crippen molar-refractivity contribution >= 4 is 35.0 Å². The highest BCUT2D eigenvalue weighted by Crippen LogP contribution is 2.39. The lowest BCUT2D eigenvalue weighted by molar-refractivity contribution is 0.141. The first-order chi connectivity index (χ1) is 14.2. The Balaban J connectivity index is 2.02. The minimum Gasteiger partial charge on any atom is -0.494 e. The molecule has 0 saturated heterocycles. The summed E-state index contributed by atoms with van der Waals surface area (Å²) in [4.78, 5) is 30.1. The van der Waals surface area contributed by atoms with Crippen LogP contribution in [-0.4, -0.2) is 33.1 Å². The molecule has 0 atom stereocenters. The van der Waals surface area contributed by atoms with Gasteiger partial charge in [-0.25, -0.2) is 18.6 Å². The van der Waals surface area contributed by atoms with E-state index in [4.69, 9.17) is 32.7 Å². The lowest BCUT2D eigenvalue weighted by atomic mass is 10.3. The van der Waals surface area contributed by atoms with E-state index in [1.807, 2.05) is 6.26 Å². The van der Waals surface area contributed by atoms with E-state index in [9.17, 15) is 18.4 Å². The van der Waals surface area contributed by atoms with Gasteiger partial charge in [0.05, 0.1) is 33.9 Å². The number of hydrogen-bond acceptors (Lipinski definition) is 7. The topological polar surface area (TPSA) is 99.1 Å². The summed E-state index contributed by atoms with van der Waals surface area (Å²) in [5.74, 6) is 0.759. The van der Waals surface area contributed by atoms with Crippen LogP contribution in [0, 0.1) is 0 Å². The van der Waals surface area contributed by atoms with E-state index in [2.05, 4.69) is 10.1 Å². The van der Waals surface area contributed by atoms with Crippen molar-refractivity contribution in [1.82, 2.24) is 19.7 Å². The second kappa shape index (κ2) is 9.02. The van der Waals surface area contributed by atoms with Gasteiger partial charge in [0, 0.05) is 6.07 Å².